The number of hydrogen-bond donors (Lipinski definition) is 1. The first kappa shape index (κ1) is 6.62. The van der Waals surface area contributed by atoms with Crippen LogP contribution in [0, 0.1) is 0 Å². The highest BCUT2D eigenvalue weighted by molar-refractivity contribution is 5.03. The van der Waals surface area contributed by atoms with Crippen molar-refractivity contribution in [1.29, 1.82) is 0 Å². The smallest absolute Gasteiger partial charge is 0.115 e. The van der Waals surface area contributed by atoms with Crippen LogP contribution in [0.15, 0.2) is 12.3 Å². The molecule has 0 aliphatic carbocycles. The molecule has 1 heterocycles. The van der Waals surface area contributed by atoms with E-state index in [-0.39, 0.29) is 5.60 Å². The van der Waals surface area contributed by atoms with Crippen molar-refractivity contribution in [3.63, 3.8) is 0 Å². The first-order chi connectivity index (χ1) is 4.33. The quantitative estimate of drug-likeness (QED) is 0.608. The summed E-state index contributed by atoms with van der Waals surface area (Å²) < 4.78 is 0. The zero-order valence-corrected chi connectivity index (χ0v) is 5.98. The molecule has 1 N–H and O–H groups in total. The van der Waals surface area contributed by atoms with Crippen LogP contribution in [-0.4, -0.2) is 5.60 Å². The first-order valence-electron chi connectivity index (χ1n) is 3.44. The maximum atomic E-state index is 5.28. The number of nitrogens with one attached hydrogen (secondary N) is 1. The van der Waals surface area contributed by atoms with Crippen LogP contribution < -0.4 is 5.48 Å². The summed E-state index contributed by atoms with van der Waals surface area (Å²) >= 11 is 0. The summed E-state index contributed by atoms with van der Waals surface area (Å²) in [5.41, 5.74) is 2.72. The molecule has 0 saturated carbocycles. The molecular formula is C7H13NO. The Bertz CT molecular complexity index is 116. The second kappa shape index (κ2) is 2.40. The van der Waals surface area contributed by atoms with Crippen LogP contribution in [0.5, 0.6) is 0 Å². The summed E-state index contributed by atoms with van der Waals surface area (Å²) in [4.78, 5) is 5.28. The second-order valence-electron chi connectivity index (χ2n) is 2.33. The summed E-state index contributed by atoms with van der Waals surface area (Å²) in [6.45, 7) is 4.25. The van der Waals surface area contributed by atoms with Gasteiger partial charge >= 0.3 is 0 Å². The molecule has 0 aromatic rings. The van der Waals surface area contributed by atoms with E-state index in [1.165, 1.54) is 0 Å². The topological polar surface area (TPSA) is 21.3 Å². The van der Waals surface area contributed by atoms with Crippen LogP contribution >= 0.6 is 0 Å². The van der Waals surface area contributed by atoms with Gasteiger partial charge < -0.3 is 0 Å². The van der Waals surface area contributed by atoms with E-state index in [1.807, 2.05) is 6.20 Å². The largest absolute Gasteiger partial charge is 0.274 e. The molecule has 0 amide bonds. The van der Waals surface area contributed by atoms with Gasteiger partial charge in [-0.25, -0.2) is 0 Å². The van der Waals surface area contributed by atoms with Gasteiger partial charge in [0.2, 0.25) is 0 Å². The van der Waals surface area contributed by atoms with Gasteiger partial charge in [0, 0.05) is 6.20 Å². The van der Waals surface area contributed by atoms with Crippen LogP contribution in [0.25, 0.3) is 0 Å². The molecule has 0 radical (unpaired) electrons. The Balaban J connectivity index is 2.57. The highest BCUT2D eigenvalue weighted by Crippen LogP contribution is 2.23. The zero-order chi connectivity index (χ0) is 6.74. The Morgan fingerprint density at radius 1 is 1.44 bits per heavy atom. The molecule has 1 rings (SSSR count). The molecule has 0 atom stereocenters. The van der Waals surface area contributed by atoms with Crippen LogP contribution in [0.4, 0.5) is 0 Å². The number of hydrogen-bond acceptors (Lipinski definition) is 2. The molecule has 0 spiro atoms. The molecule has 2 nitrogen and oxygen atoms in total. The molecule has 0 fully saturated rings. The first-order valence-corrected chi connectivity index (χ1v) is 3.44. The second-order valence-corrected chi connectivity index (χ2v) is 2.33. The van der Waals surface area contributed by atoms with Gasteiger partial charge in [-0.15, -0.1) is 0 Å². The molecule has 9 heavy (non-hydrogen) atoms. The third-order valence-corrected chi connectivity index (χ3v) is 1.91. The molecule has 2 heteroatoms. The Labute approximate surface area is 55.9 Å². The van der Waals surface area contributed by atoms with Gasteiger partial charge in [0.25, 0.3) is 0 Å². The fourth-order valence-electron chi connectivity index (χ4n) is 1.00. The van der Waals surface area contributed by atoms with E-state index in [2.05, 4.69) is 25.4 Å². The fraction of sp³-hybridized carbons (Fsp3) is 0.714. The molecule has 0 saturated heterocycles. The van der Waals surface area contributed by atoms with Gasteiger partial charge in [-0.05, 0) is 18.9 Å². The van der Waals surface area contributed by atoms with Gasteiger partial charge in [0.15, 0.2) is 0 Å². The van der Waals surface area contributed by atoms with Crippen molar-refractivity contribution in [2.75, 3.05) is 0 Å². The minimum atomic E-state index is -0.0139. The third kappa shape index (κ3) is 1.08. The van der Waals surface area contributed by atoms with Gasteiger partial charge in [-0.2, -0.15) is 0 Å². The Hall–Kier alpha value is -0.500. The van der Waals surface area contributed by atoms with E-state index < -0.39 is 0 Å². The summed E-state index contributed by atoms with van der Waals surface area (Å²) in [7, 11) is 0. The van der Waals surface area contributed by atoms with E-state index in [0.29, 0.717) is 0 Å². The Morgan fingerprint density at radius 3 is 2.33 bits per heavy atom. The summed E-state index contributed by atoms with van der Waals surface area (Å²) in [6, 6.07) is 0. The van der Waals surface area contributed by atoms with Crippen LogP contribution in [0.1, 0.15) is 26.7 Å². The van der Waals surface area contributed by atoms with E-state index in [1.54, 1.807) is 0 Å². The highest BCUT2D eigenvalue weighted by Gasteiger charge is 2.26. The standard InChI is InChI=1S/C7H13NO/c1-3-7(4-2)5-6-8-9-7/h5-6,8H,3-4H2,1-2H3. The Morgan fingerprint density at radius 2 is 2.11 bits per heavy atom. The van der Waals surface area contributed by atoms with Gasteiger partial charge in [0.05, 0.1) is 0 Å². The lowest BCUT2D eigenvalue weighted by Gasteiger charge is -2.21. The van der Waals surface area contributed by atoms with E-state index in [4.69, 9.17) is 4.84 Å². The molecule has 1 aliphatic heterocycles. The monoisotopic (exact) mass is 127 g/mol. The van der Waals surface area contributed by atoms with E-state index >= 15 is 0 Å². The summed E-state index contributed by atoms with van der Waals surface area (Å²) in [5, 5.41) is 0. The molecule has 0 aromatic carbocycles. The maximum absolute atomic E-state index is 5.28. The van der Waals surface area contributed by atoms with Crippen molar-refractivity contribution in [3.8, 4) is 0 Å². The lowest BCUT2D eigenvalue weighted by molar-refractivity contribution is -0.0412. The number of rotatable bonds is 2. The van der Waals surface area contributed by atoms with E-state index in [0.717, 1.165) is 12.8 Å². The maximum Gasteiger partial charge on any atom is 0.115 e. The van der Waals surface area contributed by atoms with Crippen molar-refractivity contribution < 1.29 is 4.84 Å². The lowest BCUT2D eigenvalue weighted by atomic mass is 9.98. The minimum Gasteiger partial charge on any atom is -0.274 e. The molecule has 0 unspecified atom stereocenters. The predicted molar refractivity (Wildman–Crippen MR) is 36.7 cm³/mol. The van der Waals surface area contributed by atoms with E-state index in [9.17, 15) is 0 Å². The zero-order valence-electron chi connectivity index (χ0n) is 5.98. The summed E-state index contributed by atoms with van der Waals surface area (Å²) in [5.74, 6) is 0. The predicted octanol–water partition coefficient (Wildman–Crippen LogP) is 1.59. The van der Waals surface area contributed by atoms with Crippen molar-refractivity contribution in [2.45, 2.75) is 32.3 Å². The minimum absolute atomic E-state index is 0.0139. The van der Waals surface area contributed by atoms with Crippen LogP contribution in [0.2, 0.25) is 0 Å². The molecule has 52 valence electrons. The molecule has 0 aromatic heterocycles. The third-order valence-electron chi connectivity index (χ3n) is 1.91. The van der Waals surface area contributed by atoms with Gasteiger partial charge in [-0.3, -0.25) is 10.3 Å². The average Bonchev–Trinajstić information content (AvgIpc) is 2.36. The summed E-state index contributed by atoms with van der Waals surface area (Å²) in [6.07, 6.45) is 6.00. The Kier molecular flexibility index (Phi) is 1.76. The normalized spacial score (nSPS) is 22.0. The van der Waals surface area contributed by atoms with Crippen molar-refractivity contribution in [1.82, 2.24) is 5.48 Å². The lowest BCUT2D eigenvalue weighted by Crippen LogP contribution is -2.27. The number of hydroxylamine groups is 1. The van der Waals surface area contributed by atoms with Crippen molar-refractivity contribution in [2.24, 2.45) is 0 Å². The van der Waals surface area contributed by atoms with Crippen molar-refractivity contribution in [3.05, 3.63) is 12.3 Å². The average molecular weight is 127 g/mol. The van der Waals surface area contributed by atoms with Crippen LogP contribution in [-0.2, 0) is 4.84 Å². The van der Waals surface area contributed by atoms with Crippen LogP contribution in [0.3, 0.4) is 0 Å². The highest BCUT2D eigenvalue weighted by atomic mass is 16.7. The molecular weight excluding hydrogens is 114 g/mol. The van der Waals surface area contributed by atoms with Gasteiger partial charge in [0.1, 0.15) is 5.60 Å². The molecule has 1 aliphatic rings. The fourth-order valence-corrected chi connectivity index (χ4v) is 1.00. The van der Waals surface area contributed by atoms with Crippen molar-refractivity contribution >= 4 is 0 Å². The SMILES string of the molecule is CCC1(CC)C=CNO1. The van der Waals surface area contributed by atoms with Gasteiger partial charge in [-0.1, -0.05) is 13.8 Å². The molecule has 0 bridgehead atoms.